The molecular formula is C20H31N3O3. The van der Waals surface area contributed by atoms with Gasteiger partial charge in [0.2, 0.25) is 11.8 Å². The Morgan fingerprint density at radius 1 is 1.15 bits per heavy atom. The maximum absolute atomic E-state index is 12.4. The molecule has 0 spiro atoms. The van der Waals surface area contributed by atoms with E-state index in [0.717, 1.165) is 17.8 Å². The molecule has 26 heavy (non-hydrogen) atoms. The van der Waals surface area contributed by atoms with Crippen LogP contribution < -0.4 is 5.32 Å². The Balaban J connectivity index is 1.26. The van der Waals surface area contributed by atoms with E-state index in [9.17, 15) is 14.4 Å². The number of carbonyl (C=O) groups is 3. The molecule has 5 rings (SSSR count). The SMILES string of the molecule is C[C@H](NC(=O)CCCN1C(=O)CN(C)C1=O)C12CC3CC(CC(C3)C1)C2. The van der Waals surface area contributed by atoms with Crippen LogP contribution in [0, 0.1) is 23.2 Å². The third kappa shape index (κ3) is 3.12. The van der Waals surface area contributed by atoms with E-state index in [0.29, 0.717) is 24.8 Å². The molecule has 4 saturated carbocycles. The highest BCUT2D eigenvalue weighted by molar-refractivity contribution is 6.01. The van der Waals surface area contributed by atoms with Crippen LogP contribution in [0.3, 0.4) is 0 Å². The molecule has 1 saturated heterocycles. The molecule has 1 atom stereocenters. The second-order valence-corrected chi connectivity index (χ2v) is 9.36. The molecule has 1 heterocycles. The highest BCUT2D eigenvalue weighted by Crippen LogP contribution is 2.61. The predicted molar refractivity (Wildman–Crippen MR) is 97.2 cm³/mol. The van der Waals surface area contributed by atoms with E-state index in [4.69, 9.17) is 0 Å². The molecule has 6 nitrogen and oxygen atoms in total. The molecular weight excluding hydrogens is 330 g/mol. The topological polar surface area (TPSA) is 69.7 Å². The Morgan fingerprint density at radius 3 is 2.23 bits per heavy atom. The number of hydrogen-bond donors (Lipinski definition) is 1. The Morgan fingerprint density at radius 2 is 1.73 bits per heavy atom. The fraction of sp³-hybridized carbons (Fsp3) is 0.850. The first-order chi connectivity index (χ1) is 12.4. The van der Waals surface area contributed by atoms with E-state index >= 15 is 0 Å². The summed E-state index contributed by atoms with van der Waals surface area (Å²) in [6, 6.07) is -0.0260. The van der Waals surface area contributed by atoms with Crippen molar-refractivity contribution in [3.05, 3.63) is 0 Å². The van der Waals surface area contributed by atoms with E-state index in [1.807, 2.05) is 0 Å². The molecule has 0 unspecified atom stereocenters. The molecule has 0 aromatic rings. The standard InChI is InChI=1S/C20H31N3O3/c1-13(20-9-14-6-15(10-20)8-16(7-14)11-20)21-17(24)4-3-5-23-18(25)12-22(2)19(23)26/h13-16H,3-12H2,1-2H3,(H,21,24)/t13-,14?,15?,16?,20?/m0/s1. The number of rotatable bonds is 6. The number of amides is 4. The van der Waals surface area contributed by atoms with Gasteiger partial charge in [0.1, 0.15) is 6.54 Å². The van der Waals surface area contributed by atoms with Crippen LogP contribution in [0.2, 0.25) is 0 Å². The molecule has 4 aliphatic carbocycles. The molecule has 0 aromatic carbocycles. The third-order valence-corrected chi connectivity index (χ3v) is 7.40. The molecule has 144 valence electrons. The Bertz CT molecular complexity index is 582. The lowest BCUT2D eigenvalue weighted by Crippen LogP contribution is -2.55. The third-order valence-electron chi connectivity index (χ3n) is 7.40. The van der Waals surface area contributed by atoms with Gasteiger partial charge in [0.25, 0.3) is 0 Å². The minimum absolute atomic E-state index is 0.0562. The lowest BCUT2D eigenvalue weighted by Gasteiger charge is -2.59. The number of carbonyl (C=O) groups excluding carboxylic acids is 3. The molecule has 0 aromatic heterocycles. The smallest absolute Gasteiger partial charge is 0.326 e. The first-order valence-corrected chi connectivity index (χ1v) is 10.2. The van der Waals surface area contributed by atoms with Crippen molar-refractivity contribution in [2.75, 3.05) is 20.1 Å². The zero-order valence-electron chi connectivity index (χ0n) is 16.0. The van der Waals surface area contributed by atoms with Gasteiger partial charge in [0, 0.05) is 26.1 Å². The van der Waals surface area contributed by atoms with E-state index in [-0.39, 0.29) is 30.4 Å². The first kappa shape index (κ1) is 17.8. The Kier molecular flexibility index (Phi) is 4.48. The summed E-state index contributed by atoms with van der Waals surface area (Å²) in [7, 11) is 1.63. The minimum atomic E-state index is -0.252. The number of nitrogens with zero attached hydrogens (tertiary/aromatic N) is 2. The molecule has 5 fully saturated rings. The van der Waals surface area contributed by atoms with Crippen LogP contribution in [-0.2, 0) is 9.59 Å². The molecule has 6 heteroatoms. The second-order valence-electron chi connectivity index (χ2n) is 9.36. The van der Waals surface area contributed by atoms with Gasteiger partial charge >= 0.3 is 6.03 Å². The van der Waals surface area contributed by atoms with Crippen molar-refractivity contribution in [3.63, 3.8) is 0 Å². The molecule has 1 aliphatic heterocycles. The molecule has 0 radical (unpaired) electrons. The average Bonchev–Trinajstić information content (AvgIpc) is 2.79. The van der Waals surface area contributed by atoms with Gasteiger partial charge in [0.05, 0.1) is 0 Å². The summed E-state index contributed by atoms with van der Waals surface area (Å²) in [5, 5.41) is 3.26. The van der Waals surface area contributed by atoms with Crippen molar-refractivity contribution in [3.8, 4) is 0 Å². The van der Waals surface area contributed by atoms with Crippen molar-refractivity contribution in [1.82, 2.24) is 15.1 Å². The maximum Gasteiger partial charge on any atom is 0.326 e. The quantitative estimate of drug-likeness (QED) is 0.739. The van der Waals surface area contributed by atoms with Crippen LogP contribution in [0.1, 0.15) is 58.3 Å². The summed E-state index contributed by atoms with van der Waals surface area (Å²) in [5.74, 6) is 2.53. The number of nitrogens with one attached hydrogen (secondary N) is 1. The van der Waals surface area contributed by atoms with Crippen LogP contribution in [-0.4, -0.2) is 53.8 Å². The summed E-state index contributed by atoms with van der Waals surface area (Å²) < 4.78 is 0. The Labute approximate surface area is 155 Å². The summed E-state index contributed by atoms with van der Waals surface area (Å²) in [6.45, 7) is 2.67. The highest BCUT2D eigenvalue weighted by atomic mass is 16.2. The van der Waals surface area contributed by atoms with Crippen molar-refractivity contribution >= 4 is 17.8 Å². The van der Waals surface area contributed by atoms with Crippen LogP contribution in [0.15, 0.2) is 0 Å². The fourth-order valence-corrected chi connectivity index (χ4v) is 6.46. The van der Waals surface area contributed by atoms with Crippen molar-refractivity contribution in [2.45, 2.75) is 64.3 Å². The van der Waals surface area contributed by atoms with Crippen LogP contribution >= 0.6 is 0 Å². The van der Waals surface area contributed by atoms with Gasteiger partial charge in [0.15, 0.2) is 0 Å². The van der Waals surface area contributed by atoms with Crippen LogP contribution in [0.5, 0.6) is 0 Å². The summed E-state index contributed by atoms with van der Waals surface area (Å²) in [5.41, 5.74) is 0.313. The van der Waals surface area contributed by atoms with E-state index < -0.39 is 0 Å². The molecule has 4 bridgehead atoms. The predicted octanol–water partition coefficient (Wildman–Crippen LogP) is 2.38. The van der Waals surface area contributed by atoms with Gasteiger partial charge in [-0.05, 0) is 75.0 Å². The van der Waals surface area contributed by atoms with Crippen LogP contribution in [0.4, 0.5) is 4.79 Å². The molecule has 1 N–H and O–H groups in total. The van der Waals surface area contributed by atoms with Gasteiger partial charge in [-0.1, -0.05) is 0 Å². The minimum Gasteiger partial charge on any atom is -0.353 e. The van der Waals surface area contributed by atoms with Crippen LogP contribution in [0.25, 0.3) is 0 Å². The second kappa shape index (κ2) is 6.54. The largest absolute Gasteiger partial charge is 0.353 e. The normalized spacial score (nSPS) is 36.8. The fourth-order valence-electron chi connectivity index (χ4n) is 6.46. The number of likely N-dealkylation sites (N-methyl/N-ethyl adjacent to an activating group) is 1. The Hall–Kier alpha value is -1.59. The number of urea groups is 1. The number of imide groups is 1. The lowest BCUT2D eigenvalue weighted by atomic mass is 9.48. The zero-order valence-corrected chi connectivity index (χ0v) is 16.0. The van der Waals surface area contributed by atoms with Gasteiger partial charge in [-0.2, -0.15) is 0 Å². The van der Waals surface area contributed by atoms with E-state index in [1.54, 1.807) is 7.05 Å². The average molecular weight is 361 g/mol. The summed E-state index contributed by atoms with van der Waals surface area (Å²) >= 11 is 0. The summed E-state index contributed by atoms with van der Waals surface area (Å²) in [6.07, 6.45) is 8.98. The van der Waals surface area contributed by atoms with Crippen molar-refractivity contribution in [1.29, 1.82) is 0 Å². The first-order valence-electron chi connectivity index (χ1n) is 10.2. The van der Waals surface area contributed by atoms with Gasteiger partial charge in [-0.15, -0.1) is 0 Å². The summed E-state index contributed by atoms with van der Waals surface area (Å²) in [4.78, 5) is 38.7. The highest BCUT2D eigenvalue weighted by Gasteiger charge is 2.53. The van der Waals surface area contributed by atoms with E-state index in [2.05, 4.69) is 12.2 Å². The zero-order chi connectivity index (χ0) is 18.5. The maximum atomic E-state index is 12.4. The van der Waals surface area contributed by atoms with Crippen molar-refractivity contribution < 1.29 is 14.4 Å². The molecule has 5 aliphatic rings. The van der Waals surface area contributed by atoms with E-state index in [1.165, 1.54) is 48.3 Å². The lowest BCUT2D eigenvalue weighted by molar-refractivity contribution is -0.127. The van der Waals surface area contributed by atoms with Gasteiger partial charge < -0.3 is 10.2 Å². The van der Waals surface area contributed by atoms with Gasteiger partial charge in [-0.25, -0.2) is 4.79 Å². The van der Waals surface area contributed by atoms with Gasteiger partial charge in [-0.3, -0.25) is 14.5 Å². The monoisotopic (exact) mass is 361 g/mol. The number of hydrogen-bond acceptors (Lipinski definition) is 3. The molecule has 4 amide bonds. The van der Waals surface area contributed by atoms with Crippen molar-refractivity contribution in [2.24, 2.45) is 23.2 Å².